The highest BCUT2D eigenvalue weighted by Gasteiger charge is 2.27. The molecule has 4 nitrogen and oxygen atoms in total. The smallest absolute Gasteiger partial charge is 0.360 e. The van der Waals surface area contributed by atoms with Crippen LogP contribution in [0.3, 0.4) is 0 Å². The van der Waals surface area contributed by atoms with Crippen molar-refractivity contribution in [2.24, 2.45) is 0 Å². The van der Waals surface area contributed by atoms with E-state index in [1.54, 1.807) is 13.0 Å². The van der Waals surface area contributed by atoms with E-state index in [9.17, 15) is 4.79 Å². The molecule has 64 valence electrons. The van der Waals surface area contributed by atoms with Crippen LogP contribution in [-0.2, 0) is 4.74 Å². The van der Waals surface area contributed by atoms with Crippen molar-refractivity contribution in [3.63, 3.8) is 0 Å². The molecule has 0 saturated heterocycles. The second-order valence-electron chi connectivity index (χ2n) is 2.93. The Labute approximate surface area is 69.5 Å². The molecule has 0 aliphatic heterocycles. The molecule has 0 aromatic carbocycles. The third-order valence-electron chi connectivity index (χ3n) is 1.64. The van der Waals surface area contributed by atoms with Gasteiger partial charge in [-0.05, 0) is 19.8 Å². The second-order valence-corrected chi connectivity index (χ2v) is 2.93. The number of ether oxygens (including phenoxy) is 1. The first-order valence-electron chi connectivity index (χ1n) is 3.90. The van der Waals surface area contributed by atoms with Gasteiger partial charge in [0, 0.05) is 6.07 Å². The van der Waals surface area contributed by atoms with Gasteiger partial charge in [-0.3, -0.25) is 0 Å². The first-order valence-corrected chi connectivity index (χ1v) is 3.90. The van der Waals surface area contributed by atoms with E-state index in [1.807, 2.05) is 0 Å². The Kier molecular flexibility index (Phi) is 1.60. The Morgan fingerprint density at radius 3 is 3.00 bits per heavy atom. The Balaban J connectivity index is 2.03. The van der Waals surface area contributed by atoms with E-state index in [0.29, 0.717) is 5.76 Å². The lowest BCUT2D eigenvalue weighted by molar-refractivity contribution is 0.0460. The molecule has 0 N–H and O–H groups in total. The largest absolute Gasteiger partial charge is 0.458 e. The van der Waals surface area contributed by atoms with Gasteiger partial charge >= 0.3 is 5.97 Å². The van der Waals surface area contributed by atoms with E-state index in [4.69, 9.17) is 9.26 Å². The topological polar surface area (TPSA) is 52.3 Å². The summed E-state index contributed by atoms with van der Waals surface area (Å²) in [6.07, 6.45) is 2.07. The predicted octanol–water partition coefficient (Wildman–Crippen LogP) is 1.30. The molecule has 1 aromatic rings. The Morgan fingerprint density at radius 2 is 2.50 bits per heavy atom. The maximum absolute atomic E-state index is 11.2. The summed E-state index contributed by atoms with van der Waals surface area (Å²) in [4.78, 5) is 11.2. The second kappa shape index (κ2) is 2.62. The molecular weight excluding hydrogens is 158 g/mol. The van der Waals surface area contributed by atoms with Gasteiger partial charge in [-0.25, -0.2) is 4.79 Å². The quantitative estimate of drug-likeness (QED) is 0.623. The number of carbonyl (C=O) groups excluding carboxylic acids is 1. The molecule has 1 heterocycles. The summed E-state index contributed by atoms with van der Waals surface area (Å²) in [5, 5.41) is 3.55. The van der Waals surface area contributed by atoms with Gasteiger partial charge in [0.25, 0.3) is 0 Å². The minimum absolute atomic E-state index is 0.120. The molecule has 0 radical (unpaired) electrons. The van der Waals surface area contributed by atoms with Crippen molar-refractivity contribution >= 4 is 5.97 Å². The third kappa shape index (κ3) is 1.47. The van der Waals surface area contributed by atoms with Crippen LogP contribution in [0.1, 0.15) is 29.1 Å². The van der Waals surface area contributed by atoms with Crippen molar-refractivity contribution < 1.29 is 14.1 Å². The van der Waals surface area contributed by atoms with Crippen molar-refractivity contribution in [2.45, 2.75) is 25.9 Å². The minimum atomic E-state index is -0.380. The maximum atomic E-state index is 11.2. The van der Waals surface area contributed by atoms with Gasteiger partial charge in [0.2, 0.25) is 0 Å². The number of esters is 1. The highest BCUT2D eigenvalue weighted by Crippen LogP contribution is 2.24. The van der Waals surface area contributed by atoms with Gasteiger partial charge < -0.3 is 9.26 Å². The molecule has 1 aliphatic carbocycles. The fraction of sp³-hybridized carbons (Fsp3) is 0.500. The summed E-state index contributed by atoms with van der Waals surface area (Å²) >= 11 is 0. The molecule has 12 heavy (non-hydrogen) atoms. The molecule has 0 unspecified atom stereocenters. The van der Waals surface area contributed by atoms with Gasteiger partial charge in [-0.1, -0.05) is 5.16 Å². The van der Waals surface area contributed by atoms with Crippen molar-refractivity contribution in [1.29, 1.82) is 0 Å². The Hall–Kier alpha value is -1.32. The Bertz CT molecular complexity index is 301. The third-order valence-corrected chi connectivity index (χ3v) is 1.64. The normalized spacial score (nSPS) is 16.1. The summed E-state index contributed by atoms with van der Waals surface area (Å²) in [5.74, 6) is 0.243. The first-order chi connectivity index (χ1) is 5.75. The number of hydrogen-bond donors (Lipinski definition) is 0. The average molecular weight is 167 g/mol. The molecule has 0 bridgehead atoms. The van der Waals surface area contributed by atoms with Crippen LogP contribution in [0, 0.1) is 6.92 Å². The molecule has 1 saturated carbocycles. The van der Waals surface area contributed by atoms with Crippen LogP contribution in [-0.4, -0.2) is 17.2 Å². The van der Waals surface area contributed by atoms with Crippen LogP contribution >= 0.6 is 0 Å². The van der Waals surface area contributed by atoms with Crippen LogP contribution in [0.4, 0.5) is 0 Å². The number of aryl methyl sites for hydroxylation is 1. The summed E-state index contributed by atoms with van der Waals surface area (Å²) in [7, 11) is 0. The van der Waals surface area contributed by atoms with Crippen molar-refractivity contribution in [3.8, 4) is 0 Å². The van der Waals surface area contributed by atoms with Gasteiger partial charge in [0.1, 0.15) is 11.9 Å². The molecule has 4 heteroatoms. The van der Waals surface area contributed by atoms with E-state index < -0.39 is 0 Å². The van der Waals surface area contributed by atoms with Crippen molar-refractivity contribution in [3.05, 3.63) is 17.5 Å². The van der Waals surface area contributed by atoms with E-state index in [-0.39, 0.29) is 17.8 Å². The number of hydrogen-bond acceptors (Lipinski definition) is 4. The molecule has 0 amide bonds. The van der Waals surface area contributed by atoms with Crippen LogP contribution in [0.5, 0.6) is 0 Å². The number of nitrogens with zero attached hydrogens (tertiary/aromatic N) is 1. The lowest BCUT2D eigenvalue weighted by Gasteiger charge is -1.96. The average Bonchev–Trinajstić information content (AvgIpc) is 2.72. The van der Waals surface area contributed by atoms with Gasteiger partial charge in [0.15, 0.2) is 5.69 Å². The summed E-state index contributed by atoms with van der Waals surface area (Å²) in [6.45, 7) is 1.74. The molecule has 1 aromatic heterocycles. The lowest BCUT2D eigenvalue weighted by Crippen LogP contribution is -2.06. The summed E-state index contributed by atoms with van der Waals surface area (Å²) < 4.78 is 9.74. The predicted molar refractivity (Wildman–Crippen MR) is 39.7 cm³/mol. The van der Waals surface area contributed by atoms with Crippen molar-refractivity contribution in [1.82, 2.24) is 5.16 Å². The highest BCUT2D eigenvalue weighted by molar-refractivity contribution is 5.87. The molecular formula is C8H9NO3. The number of carbonyl (C=O) groups is 1. The fourth-order valence-electron chi connectivity index (χ4n) is 0.860. The zero-order valence-corrected chi connectivity index (χ0v) is 6.74. The van der Waals surface area contributed by atoms with Crippen LogP contribution in [0.15, 0.2) is 10.6 Å². The van der Waals surface area contributed by atoms with Gasteiger partial charge in [-0.2, -0.15) is 0 Å². The monoisotopic (exact) mass is 167 g/mol. The first kappa shape index (κ1) is 7.34. The van der Waals surface area contributed by atoms with E-state index >= 15 is 0 Å². The van der Waals surface area contributed by atoms with Gasteiger partial charge in [0.05, 0.1) is 0 Å². The van der Waals surface area contributed by atoms with E-state index in [0.717, 1.165) is 12.8 Å². The zero-order valence-electron chi connectivity index (χ0n) is 6.74. The van der Waals surface area contributed by atoms with Crippen LogP contribution < -0.4 is 0 Å². The van der Waals surface area contributed by atoms with Crippen LogP contribution in [0.25, 0.3) is 0 Å². The summed E-state index contributed by atoms with van der Waals surface area (Å²) in [5.41, 5.74) is 0.263. The minimum Gasteiger partial charge on any atom is -0.458 e. The Morgan fingerprint density at radius 1 is 1.75 bits per heavy atom. The molecule has 0 spiro atoms. The van der Waals surface area contributed by atoms with Gasteiger partial charge in [-0.15, -0.1) is 0 Å². The fourth-order valence-corrected chi connectivity index (χ4v) is 0.860. The standard InChI is InChI=1S/C8H9NO3/c1-5-4-7(9-12-5)8(10)11-6-2-3-6/h4,6H,2-3H2,1H3. The van der Waals surface area contributed by atoms with Crippen molar-refractivity contribution in [2.75, 3.05) is 0 Å². The van der Waals surface area contributed by atoms with E-state index in [1.165, 1.54) is 0 Å². The SMILES string of the molecule is Cc1cc(C(=O)OC2CC2)no1. The summed E-state index contributed by atoms with van der Waals surface area (Å²) in [6, 6.07) is 1.57. The maximum Gasteiger partial charge on any atom is 0.360 e. The lowest BCUT2D eigenvalue weighted by atomic mass is 10.4. The highest BCUT2D eigenvalue weighted by atomic mass is 16.6. The molecule has 0 atom stereocenters. The van der Waals surface area contributed by atoms with Crippen LogP contribution in [0.2, 0.25) is 0 Å². The molecule has 1 fully saturated rings. The zero-order chi connectivity index (χ0) is 8.55. The molecule has 2 rings (SSSR count). The number of aromatic nitrogens is 1. The van der Waals surface area contributed by atoms with E-state index in [2.05, 4.69) is 5.16 Å². The number of rotatable bonds is 2. The molecule has 1 aliphatic rings.